The maximum Gasteiger partial charge on any atom is 0.185 e. The van der Waals surface area contributed by atoms with Gasteiger partial charge in [0.2, 0.25) is 0 Å². The number of nitrogen functional groups attached to an aromatic ring is 1. The van der Waals surface area contributed by atoms with Gasteiger partial charge in [-0.2, -0.15) is 5.10 Å². The largest absolute Gasteiger partial charge is 0.508 e. The summed E-state index contributed by atoms with van der Waals surface area (Å²) in [5.41, 5.74) is 10.8. The molecule has 2 heterocycles. The van der Waals surface area contributed by atoms with Gasteiger partial charge in [0, 0.05) is 17.2 Å². The van der Waals surface area contributed by atoms with E-state index in [0.717, 1.165) is 42.9 Å². The van der Waals surface area contributed by atoms with Gasteiger partial charge in [0.1, 0.15) is 29.4 Å². The Morgan fingerprint density at radius 3 is 2.91 bits per heavy atom. The SMILES string of the molecule is C=CC(=O)c1cccc2c1CCCC2C1CC1n1nc(-c2cc(O)cc(F)c2)c2c(N)ncnc21. The molecule has 0 radical (unpaired) electrons. The minimum Gasteiger partial charge on any atom is -0.508 e. The van der Waals surface area contributed by atoms with Gasteiger partial charge in [0.25, 0.3) is 0 Å². The van der Waals surface area contributed by atoms with Gasteiger partial charge in [-0.15, -0.1) is 0 Å². The standard InChI is InChI=1S/C27H24FN5O2/c1-2-23(35)20-8-4-5-17-18(20)6-3-7-19(17)21-12-22(21)33-27-24(26(29)30-13-31-27)25(32-33)14-9-15(28)11-16(34)10-14/h2,4-5,8-11,13,19,21-22,34H,1,3,6-7,12H2,(H2,29,30,31). The normalized spacial score (nSPS) is 21.0. The molecule has 2 aromatic heterocycles. The zero-order valence-corrected chi connectivity index (χ0v) is 19.0. The summed E-state index contributed by atoms with van der Waals surface area (Å²) in [4.78, 5) is 21.0. The molecule has 3 atom stereocenters. The zero-order valence-electron chi connectivity index (χ0n) is 19.0. The van der Waals surface area contributed by atoms with E-state index in [1.54, 1.807) is 0 Å². The summed E-state index contributed by atoms with van der Waals surface area (Å²) in [6.45, 7) is 3.66. The fourth-order valence-corrected chi connectivity index (χ4v) is 5.72. The number of benzene rings is 2. The van der Waals surface area contributed by atoms with E-state index in [-0.39, 0.29) is 23.4 Å². The second-order valence-corrected chi connectivity index (χ2v) is 9.36. The molecule has 3 unspecified atom stereocenters. The summed E-state index contributed by atoms with van der Waals surface area (Å²) < 4.78 is 15.9. The van der Waals surface area contributed by atoms with Crippen molar-refractivity contribution in [2.75, 3.05) is 5.73 Å². The molecule has 7 nitrogen and oxygen atoms in total. The van der Waals surface area contributed by atoms with Crippen molar-refractivity contribution >= 4 is 22.6 Å². The Kier molecular flexibility index (Phi) is 4.91. The predicted octanol–water partition coefficient (Wildman–Crippen LogP) is 4.97. The first-order valence-corrected chi connectivity index (χ1v) is 11.7. The average molecular weight is 470 g/mol. The van der Waals surface area contributed by atoms with Crippen LogP contribution in [0.3, 0.4) is 0 Å². The Morgan fingerprint density at radius 1 is 1.26 bits per heavy atom. The number of nitrogens with zero attached hydrogens (tertiary/aromatic N) is 4. The number of phenols is 1. The second-order valence-electron chi connectivity index (χ2n) is 9.36. The number of carbonyl (C=O) groups is 1. The van der Waals surface area contributed by atoms with E-state index in [0.29, 0.717) is 34.1 Å². The molecule has 35 heavy (non-hydrogen) atoms. The van der Waals surface area contributed by atoms with Crippen LogP contribution in [-0.4, -0.2) is 30.6 Å². The van der Waals surface area contributed by atoms with Crippen LogP contribution < -0.4 is 5.73 Å². The summed E-state index contributed by atoms with van der Waals surface area (Å²) in [5.74, 6) is 0.102. The Morgan fingerprint density at radius 2 is 2.11 bits per heavy atom. The minimum atomic E-state index is -0.564. The number of hydrogen-bond acceptors (Lipinski definition) is 6. The zero-order chi connectivity index (χ0) is 24.3. The number of aromatic hydroxyl groups is 1. The van der Waals surface area contributed by atoms with Gasteiger partial charge in [-0.25, -0.2) is 19.0 Å². The van der Waals surface area contributed by atoms with Crippen molar-refractivity contribution in [2.45, 2.75) is 37.6 Å². The van der Waals surface area contributed by atoms with E-state index in [1.165, 1.54) is 30.1 Å². The molecule has 0 aliphatic heterocycles. The Bertz CT molecular complexity index is 1490. The highest BCUT2D eigenvalue weighted by molar-refractivity contribution is 6.05. The van der Waals surface area contributed by atoms with E-state index in [4.69, 9.17) is 10.8 Å². The fourth-order valence-electron chi connectivity index (χ4n) is 5.72. The lowest BCUT2D eigenvalue weighted by Crippen LogP contribution is -2.16. The molecule has 1 fully saturated rings. The molecule has 2 aliphatic rings. The number of fused-ring (bicyclic) bond motifs is 2. The van der Waals surface area contributed by atoms with Crippen LogP contribution in [0.2, 0.25) is 0 Å². The summed E-state index contributed by atoms with van der Waals surface area (Å²) in [7, 11) is 0. The number of nitrogens with two attached hydrogens (primary N) is 1. The average Bonchev–Trinajstić information content (AvgIpc) is 3.54. The number of carbonyl (C=O) groups excluding carboxylic acids is 1. The monoisotopic (exact) mass is 469 g/mol. The van der Waals surface area contributed by atoms with Crippen LogP contribution in [-0.2, 0) is 6.42 Å². The molecule has 2 aromatic carbocycles. The molecule has 3 N–H and O–H groups in total. The Balaban J connectivity index is 1.41. The second kappa shape index (κ2) is 8.01. The van der Waals surface area contributed by atoms with Crippen LogP contribution in [0.4, 0.5) is 10.2 Å². The first-order valence-electron chi connectivity index (χ1n) is 11.7. The molecule has 8 heteroatoms. The summed E-state index contributed by atoms with van der Waals surface area (Å²) >= 11 is 0. The molecular weight excluding hydrogens is 445 g/mol. The maximum absolute atomic E-state index is 14.1. The van der Waals surface area contributed by atoms with E-state index < -0.39 is 5.82 Å². The van der Waals surface area contributed by atoms with E-state index >= 15 is 0 Å². The molecule has 0 saturated heterocycles. The number of anilines is 1. The van der Waals surface area contributed by atoms with E-state index in [1.807, 2.05) is 16.8 Å². The molecule has 6 rings (SSSR count). The van der Waals surface area contributed by atoms with Gasteiger partial charge < -0.3 is 10.8 Å². The first-order chi connectivity index (χ1) is 17.0. The van der Waals surface area contributed by atoms with Gasteiger partial charge >= 0.3 is 0 Å². The van der Waals surface area contributed by atoms with Gasteiger partial charge in [0.15, 0.2) is 11.4 Å². The Labute approximate surface area is 201 Å². The molecule has 0 bridgehead atoms. The lowest BCUT2D eigenvalue weighted by Gasteiger charge is -2.27. The van der Waals surface area contributed by atoms with Crippen molar-refractivity contribution in [1.29, 1.82) is 0 Å². The lowest BCUT2D eigenvalue weighted by atomic mass is 9.77. The lowest BCUT2D eigenvalue weighted by molar-refractivity contribution is 0.104. The van der Waals surface area contributed by atoms with Crippen molar-refractivity contribution in [3.05, 3.63) is 77.9 Å². The maximum atomic E-state index is 14.1. The number of halogens is 1. The van der Waals surface area contributed by atoms with Gasteiger partial charge in [-0.05, 0) is 66.9 Å². The van der Waals surface area contributed by atoms with Gasteiger partial charge in [0.05, 0.1) is 11.4 Å². The van der Waals surface area contributed by atoms with Gasteiger partial charge in [-0.1, -0.05) is 24.8 Å². The van der Waals surface area contributed by atoms with Crippen molar-refractivity contribution in [2.24, 2.45) is 5.92 Å². The van der Waals surface area contributed by atoms with Crippen LogP contribution >= 0.6 is 0 Å². The minimum absolute atomic E-state index is 0.0388. The molecule has 2 aliphatic carbocycles. The smallest absolute Gasteiger partial charge is 0.185 e. The number of rotatable bonds is 5. The molecular formula is C27H24FN5O2. The Hall–Kier alpha value is -4.07. The van der Waals surface area contributed by atoms with Crippen LogP contribution in [0.25, 0.3) is 22.3 Å². The predicted molar refractivity (Wildman–Crippen MR) is 131 cm³/mol. The third-order valence-corrected chi connectivity index (χ3v) is 7.31. The van der Waals surface area contributed by atoms with Crippen molar-refractivity contribution in [3.63, 3.8) is 0 Å². The summed E-state index contributed by atoms with van der Waals surface area (Å²) in [6.07, 6.45) is 6.65. The highest BCUT2D eigenvalue weighted by Crippen LogP contribution is 2.56. The van der Waals surface area contributed by atoms with Gasteiger partial charge in [-0.3, -0.25) is 4.79 Å². The summed E-state index contributed by atoms with van der Waals surface area (Å²) in [5, 5.41) is 15.3. The van der Waals surface area contributed by atoms with Crippen LogP contribution in [0.5, 0.6) is 5.75 Å². The molecule has 176 valence electrons. The first kappa shape index (κ1) is 21.5. The number of aromatic nitrogens is 4. The highest BCUT2D eigenvalue weighted by atomic mass is 19.1. The fraction of sp³-hybridized carbons (Fsp3) is 0.259. The molecule has 1 saturated carbocycles. The number of ketones is 1. The molecule has 0 amide bonds. The van der Waals surface area contributed by atoms with Crippen LogP contribution in [0.15, 0.2) is 55.4 Å². The number of phenolic OH excluding ortho intramolecular Hbond substituents is 1. The van der Waals surface area contributed by atoms with Crippen LogP contribution in [0, 0.1) is 11.7 Å². The van der Waals surface area contributed by atoms with Crippen LogP contribution in [0.1, 0.15) is 52.7 Å². The van der Waals surface area contributed by atoms with Crippen molar-refractivity contribution in [3.8, 4) is 17.0 Å². The van der Waals surface area contributed by atoms with Crippen molar-refractivity contribution < 1.29 is 14.3 Å². The third kappa shape index (κ3) is 3.48. The highest BCUT2D eigenvalue weighted by Gasteiger charge is 2.47. The topological polar surface area (TPSA) is 107 Å². The third-order valence-electron chi connectivity index (χ3n) is 7.31. The number of allylic oxidation sites excluding steroid dienone is 1. The molecule has 0 spiro atoms. The quantitative estimate of drug-likeness (QED) is 0.316. The molecule has 4 aromatic rings. The van der Waals surface area contributed by atoms with E-state index in [2.05, 4.69) is 22.6 Å². The van der Waals surface area contributed by atoms with Crippen molar-refractivity contribution in [1.82, 2.24) is 19.7 Å². The number of hydrogen-bond donors (Lipinski definition) is 2. The van der Waals surface area contributed by atoms with E-state index in [9.17, 15) is 14.3 Å². The summed E-state index contributed by atoms with van der Waals surface area (Å²) in [6, 6.07) is 9.90.